The molecule has 1 aromatic heterocycles. The minimum absolute atomic E-state index is 0.0523. The molecule has 0 aromatic carbocycles. The van der Waals surface area contributed by atoms with E-state index in [1.807, 2.05) is 4.90 Å². The summed E-state index contributed by atoms with van der Waals surface area (Å²) in [5.74, 6) is 0.425. The molecule has 2 fully saturated rings. The molecule has 1 aliphatic carbocycles. The average molecular weight is 376 g/mol. The minimum atomic E-state index is -0.207. The molecule has 0 spiro atoms. The van der Waals surface area contributed by atoms with Crippen LogP contribution in [0.4, 0.5) is 0 Å². The number of aromatic nitrogens is 3. The average Bonchev–Trinajstić information content (AvgIpc) is 3.33. The zero-order valence-electron chi connectivity index (χ0n) is 16.1. The first-order chi connectivity index (χ1) is 12.9. The van der Waals surface area contributed by atoms with Crippen molar-refractivity contribution in [3.63, 3.8) is 0 Å². The number of likely N-dealkylation sites (N-methyl/N-ethyl adjacent to an activating group) is 1. The second-order valence-electron chi connectivity index (χ2n) is 7.62. The molecule has 1 saturated heterocycles. The maximum absolute atomic E-state index is 12.6. The Balaban J connectivity index is 1.49. The first kappa shape index (κ1) is 19.3. The third kappa shape index (κ3) is 4.84. The molecule has 0 unspecified atom stereocenters. The summed E-state index contributed by atoms with van der Waals surface area (Å²) in [6, 6.07) is 0. The zero-order valence-corrected chi connectivity index (χ0v) is 16.1. The Hall–Kier alpha value is -2.45. The Morgan fingerprint density at radius 3 is 2.33 bits per heavy atom. The first-order valence-corrected chi connectivity index (χ1v) is 9.61. The van der Waals surface area contributed by atoms with Crippen LogP contribution in [0.5, 0.6) is 0 Å². The summed E-state index contributed by atoms with van der Waals surface area (Å²) in [6.45, 7) is 2.17. The fourth-order valence-corrected chi connectivity index (χ4v) is 3.67. The third-order valence-electron chi connectivity index (χ3n) is 5.41. The third-order valence-corrected chi connectivity index (χ3v) is 5.41. The lowest BCUT2D eigenvalue weighted by molar-refractivity contribution is -0.133. The predicted octanol–water partition coefficient (Wildman–Crippen LogP) is 0.231. The van der Waals surface area contributed by atoms with Crippen molar-refractivity contribution in [2.75, 3.05) is 40.3 Å². The van der Waals surface area contributed by atoms with Gasteiger partial charge in [-0.15, -0.1) is 5.10 Å². The van der Waals surface area contributed by atoms with Gasteiger partial charge in [-0.25, -0.2) is 4.68 Å². The van der Waals surface area contributed by atoms with Crippen LogP contribution in [0.3, 0.4) is 0 Å². The van der Waals surface area contributed by atoms with Gasteiger partial charge in [0.15, 0.2) is 5.69 Å². The number of carbonyl (C=O) groups is 3. The maximum Gasteiger partial charge on any atom is 0.276 e. The Kier molecular flexibility index (Phi) is 6.08. The molecule has 27 heavy (non-hydrogen) atoms. The molecule has 3 amide bonds. The Morgan fingerprint density at radius 2 is 1.70 bits per heavy atom. The summed E-state index contributed by atoms with van der Waals surface area (Å²) in [7, 11) is 3.33. The number of piperazine rings is 1. The predicted molar refractivity (Wildman–Crippen MR) is 97.8 cm³/mol. The van der Waals surface area contributed by atoms with E-state index < -0.39 is 0 Å². The van der Waals surface area contributed by atoms with Gasteiger partial charge in [-0.3, -0.25) is 14.4 Å². The summed E-state index contributed by atoms with van der Waals surface area (Å²) in [4.78, 5) is 41.8. The molecule has 1 saturated carbocycles. The summed E-state index contributed by atoms with van der Waals surface area (Å²) in [5, 5.41) is 7.76. The number of amides is 3. The largest absolute Gasteiger partial charge is 0.347 e. The molecule has 0 radical (unpaired) electrons. The molecule has 9 nitrogen and oxygen atoms in total. The lowest BCUT2D eigenvalue weighted by Gasteiger charge is -2.34. The minimum Gasteiger partial charge on any atom is -0.347 e. The van der Waals surface area contributed by atoms with Crippen LogP contribution in [-0.2, 0) is 16.1 Å². The van der Waals surface area contributed by atoms with Crippen LogP contribution in [0.1, 0.15) is 42.6 Å². The summed E-state index contributed by atoms with van der Waals surface area (Å²) in [5.41, 5.74) is 0.229. The van der Waals surface area contributed by atoms with Gasteiger partial charge in [0.2, 0.25) is 11.8 Å². The van der Waals surface area contributed by atoms with Crippen molar-refractivity contribution in [3.8, 4) is 0 Å². The van der Waals surface area contributed by atoms with Crippen molar-refractivity contribution in [1.82, 2.24) is 29.7 Å². The highest BCUT2D eigenvalue weighted by molar-refractivity contribution is 5.92. The van der Waals surface area contributed by atoms with Gasteiger partial charge in [0.05, 0.1) is 6.20 Å². The van der Waals surface area contributed by atoms with Crippen molar-refractivity contribution in [2.45, 2.75) is 38.6 Å². The van der Waals surface area contributed by atoms with Crippen molar-refractivity contribution in [3.05, 3.63) is 11.9 Å². The van der Waals surface area contributed by atoms with Gasteiger partial charge in [0.25, 0.3) is 5.91 Å². The van der Waals surface area contributed by atoms with Crippen LogP contribution in [-0.4, -0.2) is 87.7 Å². The molecule has 148 valence electrons. The van der Waals surface area contributed by atoms with E-state index in [2.05, 4.69) is 10.3 Å². The molecule has 0 N–H and O–H groups in total. The number of hydrogen-bond donors (Lipinski definition) is 0. The molecule has 0 bridgehead atoms. The van der Waals surface area contributed by atoms with E-state index in [-0.39, 0.29) is 30.0 Å². The van der Waals surface area contributed by atoms with E-state index in [1.165, 1.54) is 28.6 Å². The van der Waals surface area contributed by atoms with Crippen LogP contribution in [0.15, 0.2) is 6.20 Å². The van der Waals surface area contributed by atoms with Crippen LogP contribution >= 0.6 is 0 Å². The van der Waals surface area contributed by atoms with E-state index >= 15 is 0 Å². The molecule has 3 rings (SSSR count). The highest BCUT2D eigenvalue weighted by Crippen LogP contribution is 2.28. The Bertz CT molecular complexity index is 687. The number of rotatable bonds is 5. The molecule has 2 aliphatic rings. The second-order valence-corrected chi connectivity index (χ2v) is 7.62. The van der Waals surface area contributed by atoms with Gasteiger partial charge in [0.1, 0.15) is 6.54 Å². The van der Waals surface area contributed by atoms with Crippen molar-refractivity contribution in [2.24, 2.45) is 5.92 Å². The Labute approximate surface area is 159 Å². The molecule has 1 aromatic rings. The van der Waals surface area contributed by atoms with E-state index in [4.69, 9.17) is 0 Å². The molecular formula is C18H28N6O3. The second kappa shape index (κ2) is 8.49. The molecule has 2 heterocycles. The van der Waals surface area contributed by atoms with Crippen LogP contribution in [0, 0.1) is 5.92 Å². The quantitative estimate of drug-likeness (QED) is 0.734. The molecule has 1 aliphatic heterocycles. The standard InChI is InChI=1S/C18H28N6O3/c1-21(2)17(26)13-24-12-15(19-20-24)18(27)23-9-7-22(8-10-23)16(25)11-14-5-3-4-6-14/h12,14H,3-11,13H2,1-2H3. The lowest BCUT2D eigenvalue weighted by atomic mass is 10.0. The molecular weight excluding hydrogens is 348 g/mol. The van der Waals surface area contributed by atoms with Gasteiger partial charge >= 0.3 is 0 Å². The summed E-state index contributed by atoms with van der Waals surface area (Å²) >= 11 is 0. The van der Waals surface area contributed by atoms with Crippen LogP contribution < -0.4 is 0 Å². The van der Waals surface area contributed by atoms with Gasteiger partial charge in [-0.2, -0.15) is 0 Å². The first-order valence-electron chi connectivity index (χ1n) is 9.61. The highest BCUT2D eigenvalue weighted by Gasteiger charge is 2.28. The smallest absolute Gasteiger partial charge is 0.276 e. The zero-order chi connectivity index (χ0) is 19.4. The van der Waals surface area contributed by atoms with Crippen molar-refractivity contribution >= 4 is 17.7 Å². The van der Waals surface area contributed by atoms with Crippen molar-refractivity contribution < 1.29 is 14.4 Å². The number of hydrogen-bond acceptors (Lipinski definition) is 5. The number of nitrogens with zero attached hydrogens (tertiary/aromatic N) is 6. The topological polar surface area (TPSA) is 91.6 Å². The maximum atomic E-state index is 12.6. The Morgan fingerprint density at radius 1 is 1.07 bits per heavy atom. The lowest BCUT2D eigenvalue weighted by Crippen LogP contribution is -2.50. The fourth-order valence-electron chi connectivity index (χ4n) is 3.67. The van der Waals surface area contributed by atoms with E-state index in [0.29, 0.717) is 38.5 Å². The SMILES string of the molecule is CN(C)C(=O)Cn1cc(C(=O)N2CCN(C(=O)CC3CCCC3)CC2)nn1. The summed E-state index contributed by atoms with van der Waals surface area (Å²) < 4.78 is 1.37. The van der Waals surface area contributed by atoms with Crippen LogP contribution in [0.25, 0.3) is 0 Å². The van der Waals surface area contributed by atoms with Crippen molar-refractivity contribution in [1.29, 1.82) is 0 Å². The fraction of sp³-hybridized carbons (Fsp3) is 0.722. The van der Waals surface area contributed by atoms with Gasteiger partial charge < -0.3 is 14.7 Å². The van der Waals surface area contributed by atoms with E-state index in [9.17, 15) is 14.4 Å². The monoisotopic (exact) mass is 376 g/mol. The van der Waals surface area contributed by atoms with E-state index in [0.717, 1.165) is 12.8 Å². The van der Waals surface area contributed by atoms with Gasteiger partial charge in [-0.1, -0.05) is 18.1 Å². The van der Waals surface area contributed by atoms with Gasteiger partial charge in [-0.05, 0) is 18.8 Å². The van der Waals surface area contributed by atoms with Gasteiger partial charge in [0, 0.05) is 46.7 Å². The normalized spacial score (nSPS) is 18.0. The molecule has 0 atom stereocenters. The molecule has 9 heteroatoms. The highest BCUT2D eigenvalue weighted by atomic mass is 16.2. The summed E-state index contributed by atoms with van der Waals surface area (Å²) in [6.07, 6.45) is 6.94. The van der Waals surface area contributed by atoms with E-state index in [1.54, 1.807) is 19.0 Å². The number of carbonyl (C=O) groups excluding carboxylic acids is 3. The van der Waals surface area contributed by atoms with Crippen LogP contribution in [0.2, 0.25) is 0 Å².